The van der Waals surface area contributed by atoms with Crippen LogP contribution in [-0.2, 0) is 6.54 Å². The number of aromatic nitrogens is 1. The quantitative estimate of drug-likeness (QED) is 0.794. The lowest BCUT2D eigenvalue weighted by molar-refractivity contribution is 0.567. The molecule has 0 radical (unpaired) electrons. The van der Waals surface area contributed by atoms with Crippen molar-refractivity contribution >= 4 is 15.9 Å². The molecule has 0 bridgehead atoms. The lowest BCUT2D eigenvalue weighted by atomic mass is 9.99. The summed E-state index contributed by atoms with van der Waals surface area (Å²) in [5.41, 5.74) is 3.74. The van der Waals surface area contributed by atoms with Gasteiger partial charge < -0.3 is 5.32 Å². The van der Waals surface area contributed by atoms with Crippen LogP contribution in [0.5, 0.6) is 0 Å². The molecule has 20 heavy (non-hydrogen) atoms. The molecule has 1 atom stereocenters. The average Bonchev–Trinajstić information content (AvgIpc) is 2.45. The van der Waals surface area contributed by atoms with Gasteiger partial charge in [0.05, 0.1) is 5.69 Å². The minimum atomic E-state index is 0.317. The Labute approximate surface area is 129 Å². The summed E-state index contributed by atoms with van der Waals surface area (Å²) in [5.74, 6) is 0.582. The summed E-state index contributed by atoms with van der Waals surface area (Å²) in [6.45, 7) is 7.39. The minimum Gasteiger partial charge on any atom is -0.305 e. The Morgan fingerprint density at radius 1 is 1.00 bits per heavy atom. The van der Waals surface area contributed by atoms with Gasteiger partial charge in [0, 0.05) is 12.6 Å². The highest BCUT2D eigenvalue weighted by molar-refractivity contribution is 9.10. The summed E-state index contributed by atoms with van der Waals surface area (Å²) in [7, 11) is 0. The third-order valence-electron chi connectivity index (χ3n) is 3.47. The number of pyridine rings is 1. The molecule has 0 aliphatic rings. The van der Waals surface area contributed by atoms with Crippen LogP contribution in [0.1, 0.15) is 49.6 Å². The van der Waals surface area contributed by atoms with Gasteiger partial charge in [-0.15, -0.1) is 0 Å². The Morgan fingerprint density at radius 3 is 2.25 bits per heavy atom. The van der Waals surface area contributed by atoms with Gasteiger partial charge >= 0.3 is 0 Å². The highest BCUT2D eigenvalue weighted by Crippen LogP contribution is 2.18. The molecule has 0 aliphatic heterocycles. The first-order chi connectivity index (χ1) is 9.56. The van der Waals surface area contributed by atoms with Crippen LogP contribution in [0.4, 0.5) is 0 Å². The highest BCUT2D eigenvalue weighted by atomic mass is 79.9. The van der Waals surface area contributed by atoms with Crippen molar-refractivity contribution in [3.05, 3.63) is 63.9 Å². The molecule has 2 nitrogen and oxygen atoms in total. The summed E-state index contributed by atoms with van der Waals surface area (Å²) in [6, 6.07) is 15.2. The summed E-state index contributed by atoms with van der Waals surface area (Å²) in [6.07, 6.45) is 0. The molecule has 0 aliphatic carbocycles. The van der Waals surface area contributed by atoms with Gasteiger partial charge in [0.2, 0.25) is 0 Å². The smallest absolute Gasteiger partial charge is 0.106 e. The van der Waals surface area contributed by atoms with Crippen molar-refractivity contribution in [2.45, 2.75) is 39.3 Å². The number of halogens is 1. The number of benzene rings is 1. The number of hydrogen-bond acceptors (Lipinski definition) is 2. The van der Waals surface area contributed by atoms with E-state index in [1.165, 1.54) is 11.1 Å². The van der Waals surface area contributed by atoms with E-state index in [1.54, 1.807) is 0 Å². The molecule has 3 heteroatoms. The molecule has 0 saturated carbocycles. The van der Waals surface area contributed by atoms with Gasteiger partial charge in [0.1, 0.15) is 4.60 Å². The van der Waals surface area contributed by atoms with Crippen LogP contribution in [0.25, 0.3) is 0 Å². The Bertz CT molecular complexity index is 549. The van der Waals surface area contributed by atoms with E-state index in [2.05, 4.69) is 71.3 Å². The molecule has 106 valence electrons. The van der Waals surface area contributed by atoms with Crippen LogP contribution in [-0.4, -0.2) is 4.98 Å². The van der Waals surface area contributed by atoms with Gasteiger partial charge in [-0.05, 0) is 52.0 Å². The number of rotatable bonds is 5. The molecule has 0 amide bonds. The predicted molar refractivity (Wildman–Crippen MR) is 87.7 cm³/mol. The van der Waals surface area contributed by atoms with E-state index in [1.807, 2.05) is 18.2 Å². The lowest BCUT2D eigenvalue weighted by Gasteiger charge is -2.15. The second-order valence-corrected chi connectivity index (χ2v) is 6.19. The second kappa shape index (κ2) is 7.00. The summed E-state index contributed by atoms with van der Waals surface area (Å²) in [5, 5.41) is 3.51. The number of hydrogen-bond donors (Lipinski definition) is 1. The average molecular weight is 333 g/mol. The van der Waals surface area contributed by atoms with Gasteiger partial charge in [-0.25, -0.2) is 4.98 Å². The van der Waals surface area contributed by atoms with E-state index in [0.717, 1.165) is 16.8 Å². The zero-order valence-corrected chi connectivity index (χ0v) is 13.8. The van der Waals surface area contributed by atoms with Gasteiger partial charge in [0.15, 0.2) is 0 Å². The van der Waals surface area contributed by atoms with Crippen LogP contribution in [0.3, 0.4) is 0 Å². The van der Waals surface area contributed by atoms with Crippen molar-refractivity contribution in [1.82, 2.24) is 10.3 Å². The standard InChI is InChI=1S/C17H21BrN2/c1-12(2)14-7-9-15(10-8-14)13(3)19-11-16-5-4-6-17(18)20-16/h4-10,12-13,19H,11H2,1-3H3. The van der Waals surface area contributed by atoms with Gasteiger partial charge in [-0.2, -0.15) is 0 Å². The van der Waals surface area contributed by atoms with E-state index >= 15 is 0 Å². The van der Waals surface area contributed by atoms with Gasteiger partial charge in [-0.1, -0.05) is 44.2 Å². The largest absolute Gasteiger partial charge is 0.305 e. The summed E-state index contributed by atoms with van der Waals surface area (Å²) >= 11 is 3.40. The maximum atomic E-state index is 4.43. The van der Waals surface area contributed by atoms with Crippen molar-refractivity contribution in [3.63, 3.8) is 0 Å². The first kappa shape index (κ1) is 15.2. The fourth-order valence-corrected chi connectivity index (χ4v) is 2.47. The molecular formula is C17H21BrN2. The molecule has 1 aromatic carbocycles. The molecule has 0 fully saturated rings. The van der Waals surface area contributed by atoms with Crippen LogP contribution in [0, 0.1) is 0 Å². The first-order valence-corrected chi connectivity index (χ1v) is 7.80. The number of nitrogens with one attached hydrogen (secondary N) is 1. The lowest BCUT2D eigenvalue weighted by Crippen LogP contribution is -2.18. The van der Waals surface area contributed by atoms with Crippen molar-refractivity contribution in [2.24, 2.45) is 0 Å². The molecule has 1 aromatic heterocycles. The van der Waals surface area contributed by atoms with E-state index in [4.69, 9.17) is 0 Å². The van der Waals surface area contributed by atoms with Crippen LogP contribution in [0.2, 0.25) is 0 Å². The fourth-order valence-electron chi connectivity index (χ4n) is 2.09. The van der Waals surface area contributed by atoms with Gasteiger partial charge in [-0.3, -0.25) is 0 Å². The van der Waals surface area contributed by atoms with Crippen LogP contribution < -0.4 is 5.32 Å². The molecule has 0 saturated heterocycles. The zero-order valence-electron chi connectivity index (χ0n) is 12.2. The highest BCUT2D eigenvalue weighted by Gasteiger charge is 2.06. The molecule has 1 N–H and O–H groups in total. The number of nitrogens with zero attached hydrogens (tertiary/aromatic N) is 1. The van der Waals surface area contributed by atoms with Crippen molar-refractivity contribution in [3.8, 4) is 0 Å². The van der Waals surface area contributed by atoms with E-state index < -0.39 is 0 Å². The van der Waals surface area contributed by atoms with Crippen molar-refractivity contribution in [2.75, 3.05) is 0 Å². The summed E-state index contributed by atoms with van der Waals surface area (Å²) < 4.78 is 0.880. The topological polar surface area (TPSA) is 24.9 Å². The third kappa shape index (κ3) is 4.15. The molecule has 1 unspecified atom stereocenters. The normalized spacial score (nSPS) is 12.7. The van der Waals surface area contributed by atoms with Crippen LogP contribution >= 0.6 is 15.9 Å². The fraction of sp³-hybridized carbons (Fsp3) is 0.353. The SMILES string of the molecule is CC(C)c1ccc(C(C)NCc2cccc(Br)n2)cc1. The Morgan fingerprint density at radius 2 is 1.65 bits per heavy atom. The maximum Gasteiger partial charge on any atom is 0.106 e. The van der Waals surface area contributed by atoms with E-state index in [0.29, 0.717) is 12.0 Å². The van der Waals surface area contributed by atoms with E-state index in [9.17, 15) is 0 Å². The third-order valence-corrected chi connectivity index (χ3v) is 3.91. The molecule has 1 heterocycles. The maximum absolute atomic E-state index is 4.43. The van der Waals surface area contributed by atoms with Crippen molar-refractivity contribution < 1.29 is 0 Å². The molecule has 2 rings (SSSR count). The van der Waals surface area contributed by atoms with Crippen molar-refractivity contribution in [1.29, 1.82) is 0 Å². The molecule has 0 spiro atoms. The van der Waals surface area contributed by atoms with Gasteiger partial charge in [0.25, 0.3) is 0 Å². The first-order valence-electron chi connectivity index (χ1n) is 7.01. The monoisotopic (exact) mass is 332 g/mol. The molecular weight excluding hydrogens is 312 g/mol. The molecule has 2 aromatic rings. The predicted octanol–water partition coefficient (Wildman–Crippen LogP) is 4.82. The Balaban J connectivity index is 1.96. The minimum absolute atomic E-state index is 0.317. The van der Waals surface area contributed by atoms with Crippen LogP contribution in [0.15, 0.2) is 47.1 Å². The second-order valence-electron chi connectivity index (χ2n) is 5.38. The Kier molecular flexibility index (Phi) is 5.32. The zero-order chi connectivity index (χ0) is 14.5. The Hall–Kier alpha value is -1.19. The van der Waals surface area contributed by atoms with E-state index in [-0.39, 0.29) is 0 Å². The summed E-state index contributed by atoms with van der Waals surface area (Å²) in [4.78, 5) is 4.43.